The van der Waals surface area contributed by atoms with Gasteiger partial charge in [-0.25, -0.2) is 0 Å². The molecule has 0 unspecified atom stereocenters. The second kappa shape index (κ2) is 4.17. The summed E-state index contributed by atoms with van der Waals surface area (Å²) in [6, 6.07) is 5.20. The Kier molecular flexibility index (Phi) is 3.09. The van der Waals surface area contributed by atoms with Crippen molar-refractivity contribution in [2.75, 3.05) is 0 Å². The first-order valence-electron chi connectivity index (χ1n) is 4.64. The maximum atomic E-state index is 10.8. The van der Waals surface area contributed by atoms with Crippen LogP contribution in [0.4, 0.5) is 11.4 Å². The van der Waals surface area contributed by atoms with E-state index in [0.29, 0.717) is 0 Å². The van der Waals surface area contributed by atoms with Crippen LogP contribution in [-0.2, 0) is 5.41 Å². The molecule has 0 aromatic heterocycles. The summed E-state index contributed by atoms with van der Waals surface area (Å²) < 4.78 is 0. The van der Waals surface area contributed by atoms with Gasteiger partial charge in [0.25, 0.3) is 11.4 Å². The monoisotopic (exact) mass is 235 g/mol. The normalized spacial score (nSPS) is 10.6. The van der Waals surface area contributed by atoms with Crippen molar-refractivity contribution in [3.05, 3.63) is 44.0 Å². The van der Waals surface area contributed by atoms with Crippen molar-refractivity contribution in [2.24, 2.45) is 0 Å². The largest absolute Gasteiger partial charge is 0.281 e. The average Bonchev–Trinajstić information content (AvgIpc) is 2.28. The molecule has 0 fully saturated rings. The molecule has 0 aliphatic carbocycles. The van der Waals surface area contributed by atoms with Crippen LogP contribution in [0, 0.1) is 31.6 Å². The van der Waals surface area contributed by atoms with Gasteiger partial charge in [0, 0.05) is 11.6 Å². The minimum atomic E-state index is -1.07. The van der Waals surface area contributed by atoms with Crippen molar-refractivity contribution in [2.45, 2.75) is 19.3 Å². The van der Waals surface area contributed by atoms with E-state index in [2.05, 4.69) is 0 Å². The van der Waals surface area contributed by atoms with E-state index in [1.54, 1.807) is 0 Å². The minimum absolute atomic E-state index is 0.163. The van der Waals surface area contributed by atoms with Gasteiger partial charge in [-0.3, -0.25) is 20.2 Å². The first-order chi connectivity index (χ1) is 7.79. The minimum Gasteiger partial charge on any atom is -0.258 e. The van der Waals surface area contributed by atoms with Gasteiger partial charge >= 0.3 is 0 Å². The molecule has 0 saturated heterocycles. The lowest BCUT2D eigenvalue weighted by atomic mass is 9.85. The second-order valence-corrected chi connectivity index (χ2v) is 3.95. The summed E-state index contributed by atoms with van der Waals surface area (Å²) in [5.41, 5.74) is -1.69. The number of nitriles is 1. The maximum absolute atomic E-state index is 10.8. The molecule has 0 heterocycles. The molecule has 0 aliphatic rings. The van der Waals surface area contributed by atoms with E-state index in [1.807, 2.05) is 6.07 Å². The fourth-order valence-electron chi connectivity index (χ4n) is 1.37. The van der Waals surface area contributed by atoms with Gasteiger partial charge in [-0.1, -0.05) is 0 Å². The topological polar surface area (TPSA) is 110 Å². The van der Waals surface area contributed by atoms with Crippen LogP contribution < -0.4 is 0 Å². The SMILES string of the molecule is CC(C)(C#N)c1ccc([N+](=O)[O-])cc1[N+](=O)[O-]. The lowest BCUT2D eigenvalue weighted by molar-refractivity contribution is -0.394. The Morgan fingerprint density at radius 2 is 1.82 bits per heavy atom. The molecule has 0 bridgehead atoms. The Morgan fingerprint density at radius 3 is 2.24 bits per heavy atom. The predicted octanol–water partition coefficient (Wildman–Crippen LogP) is 2.30. The first-order valence-corrected chi connectivity index (χ1v) is 4.64. The highest BCUT2D eigenvalue weighted by Gasteiger charge is 2.30. The lowest BCUT2D eigenvalue weighted by Crippen LogP contribution is -2.16. The van der Waals surface area contributed by atoms with Crippen molar-refractivity contribution in [1.82, 2.24) is 0 Å². The van der Waals surface area contributed by atoms with Crippen LogP contribution in [0.15, 0.2) is 18.2 Å². The maximum Gasteiger partial charge on any atom is 0.281 e. The number of nitro benzene ring substituents is 2. The van der Waals surface area contributed by atoms with E-state index in [4.69, 9.17) is 5.26 Å². The van der Waals surface area contributed by atoms with Crippen LogP contribution in [0.1, 0.15) is 19.4 Å². The average molecular weight is 235 g/mol. The molecule has 0 N–H and O–H groups in total. The van der Waals surface area contributed by atoms with E-state index in [9.17, 15) is 20.2 Å². The van der Waals surface area contributed by atoms with Crippen LogP contribution >= 0.6 is 0 Å². The summed E-state index contributed by atoms with van der Waals surface area (Å²) in [6.45, 7) is 3.03. The quantitative estimate of drug-likeness (QED) is 0.589. The number of non-ortho nitro benzene ring substituents is 1. The van der Waals surface area contributed by atoms with Gasteiger partial charge in [0.05, 0.1) is 27.4 Å². The molecule has 7 heteroatoms. The van der Waals surface area contributed by atoms with E-state index in [1.165, 1.54) is 19.9 Å². The zero-order chi connectivity index (χ0) is 13.2. The van der Waals surface area contributed by atoms with Crippen molar-refractivity contribution in [1.29, 1.82) is 5.26 Å². The molecule has 1 aromatic carbocycles. The lowest BCUT2D eigenvalue weighted by Gasteiger charge is -2.15. The summed E-state index contributed by atoms with van der Waals surface area (Å²) in [4.78, 5) is 19.9. The molecule has 0 atom stereocenters. The summed E-state index contributed by atoms with van der Waals surface area (Å²) in [6.07, 6.45) is 0. The molecule has 7 nitrogen and oxygen atoms in total. The number of hydrogen-bond acceptors (Lipinski definition) is 5. The van der Waals surface area contributed by atoms with Crippen LogP contribution in [0.5, 0.6) is 0 Å². The fraction of sp³-hybridized carbons (Fsp3) is 0.300. The zero-order valence-electron chi connectivity index (χ0n) is 9.21. The van der Waals surface area contributed by atoms with E-state index in [0.717, 1.165) is 12.1 Å². The third-order valence-electron chi connectivity index (χ3n) is 2.34. The molecule has 17 heavy (non-hydrogen) atoms. The third-order valence-corrected chi connectivity index (χ3v) is 2.34. The van der Waals surface area contributed by atoms with Crippen molar-refractivity contribution in [3.8, 4) is 6.07 Å². The molecular weight excluding hydrogens is 226 g/mol. The van der Waals surface area contributed by atoms with Crippen molar-refractivity contribution < 1.29 is 9.85 Å². The van der Waals surface area contributed by atoms with Gasteiger partial charge in [-0.15, -0.1) is 0 Å². The molecule has 1 aromatic rings. The van der Waals surface area contributed by atoms with Crippen LogP contribution in [0.2, 0.25) is 0 Å². The Hall–Kier alpha value is -2.49. The summed E-state index contributed by atoms with van der Waals surface area (Å²) in [7, 11) is 0. The van der Waals surface area contributed by atoms with E-state index in [-0.39, 0.29) is 11.3 Å². The van der Waals surface area contributed by atoms with Gasteiger partial charge < -0.3 is 0 Å². The van der Waals surface area contributed by atoms with Crippen molar-refractivity contribution >= 4 is 11.4 Å². The number of nitro groups is 2. The Labute approximate surface area is 96.6 Å². The third kappa shape index (κ3) is 2.36. The molecule has 0 saturated carbocycles. The van der Waals surface area contributed by atoms with Gasteiger partial charge in [-0.2, -0.15) is 5.26 Å². The first kappa shape index (κ1) is 12.6. The summed E-state index contributed by atoms with van der Waals surface area (Å²) >= 11 is 0. The molecule has 88 valence electrons. The standard InChI is InChI=1S/C10H9N3O4/c1-10(2,6-11)8-4-3-7(12(14)15)5-9(8)13(16)17/h3-5H,1-2H3. The smallest absolute Gasteiger partial charge is 0.258 e. The Bertz CT molecular complexity index is 531. The fourth-order valence-corrected chi connectivity index (χ4v) is 1.37. The highest BCUT2D eigenvalue weighted by atomic mass is 16.6. The number of nitrogens with zero attached hydrogens (tertiary/aromatic N) is 3. The predicted molar refractivity (Wildman–Crippen MR) is 58.4 cm³/mol. The summed E-state index contributed by atoms with van der Waals surface area (Å²) in [5.74, 6) is 0. The van der Waals surface area contributed by atoms with E-state index >= 15 is 0 Å². The molecule has 0 spiro atoms. The van der Waals surface area contributed by atoms with Gasteiger partial charge in [0.15, 0.2) is 0 Å². The highest BCUT2D eigenvalue weighted by Crippen LogP contribution is 2.33. The van der Waals surface area contributed by atoms with Crippen LogP contribution in [-0.4, -0.2) is 9.85 Å². The molecule has 1 rings (SSSR count). The molecule has 0 amide bonds. The Balaban J connectivity index is 3.49. The Morgan fingerprint density at radius 1 is 1.24 bits per heavy atom. The molecule has 0 aliphatic heterocycles. The van der Waals surface area contributed by atoms with Gasteiger partial charge in [0.1, 0.15) is 0 Å². The number of hydrogen-bond donors (Lipinski definition) is 0. The van der Waals surface area contributed by atoms with E-state index < -0.39 is 20.9 Å². The van der Waals surface area contributed by atoms with Gasteiger partial charge in [-0.05, 0) is 19.9 Å². The van der Waals surface area contributed by atoms with Crippen LogP contribution in [0.25, 0.3) is 0 Å². The number of benzene rings is 1. The van der Waals surface area contributed by atoms with Gasteiger partial charge in [0.2, 0.25) is 0 Å². The highest BCUT2D eigenvalue weighted by molar-refractivity contribution is 5.53. The molecular formula is C10H9N3O4. The zero-order valence-corrected chi connectivity index (χ0v) is 9.21. The molecule has 0 radical (unpaired) electrons. The van der Waals surface area contributed by atoms with Crippen molar-refractivity contribution in [3.63, 3.8) is 0 Å². The summed E-state index contributed by atoms with van der Waals surface area (Å²) in [5, 5.41) is 30.3. The second-order valence-electron chi connectivity index (χ2n) is 3.95. The van der Waals surface area contributed by atoms with Crippen LogP contribution in [0.3, 0.4) is 0 Å². The number of rotatable bonds is 3.